The van der Waals surface area contributed by atoms with E-state index in [2.05, 4.69) is 19.9 Å². The third-order valence-electron chi connectivity index (χ3n) is 2.46. The van der Waals surface area contributed by atoms with Gasteiger partial charge in [-0.25, -0.2) is 0 Å². The van der Waals surface area contributed by atoms with Crippen LogP contribution in [0.1, 0.15) is 43.9 Å². The van der Waals surface area contributed by atoms with Crippen molar-refractivity contribution in [3.05, 3.63) is 28.3 Å². The Morgan fingerprint density at radius 3 is 2.27 bits per heavy atom. The van der Waals surface area contributed by atoms with Crippen LogP contribution in [0.3, 0.4) is 0 Å². The number of halogens is 1. The van der Waals surface area contributed by atoms with Crippen LogP contribution >= 0.6 is 11.6 Å². The first-order valence-corrected chi connectivity index (χ1v) is 5.48. The van der Waals surface area contributed by atoms with Crippen molar-refractivity contribution in [3.8, 4) is 5.75 Å². The Morgan fingerprint density at radius 1 is 1.27 bits per heavy atom. The molecule has 0 radical (unpaired) electrons. The van der Waals surface area contributed by atoms with Gasteiger partial charge in [0, 0.05) is 11.6 Å². The van der Waals surface area contributed by atoms with Crippen LogP contribution in [0.25, 0.3) is 0 Å². The van der Waals surface area contributed by atoms with Crippen LogP contribution in [-0.2, 0) is 0 Å². The zero-order valence-electron chi connectivity index (χ0n) is 9.67. The van der Waals surface area contributed by atoms with Gasteiger partial charge in [-0.05, 0) is 24.5 Å². The fraction of sp³-hybridized carbons (Fsp3) is 0.500. The molecule has 0 saturated heterocycles. The van der Waals surface area contributed by atoms with E-state index >= 15 is 0 Å². The summed E-state index contributed by atoms with van der Waals surface area (Å²) in [6.45, 7) is 6.19. The van der Waals surface area contributed by atoms with Gasteiger partial charge < -0.3 is 10.5 Å². The largest absolute Gasteiger partial charge is 0.495 e. The molecular formula is C12H18ClNO. The Morgan fingerprint density at radius 2 is 1.87 bits per heavy atom. The van der Waals surface area contributed by atoms with Crippen molar-refractivity contribution in [3.63, 3.8) is 0 Å². The van der Waals surface area contributed by atoms with Gasteiger partial charge in [-0.1, -0.05) is 31.5 Å². The van der Waals surface area contributed by atoms with Gasteiger partial charge >= 0.3 is 0 Å². The molecule has 15 heavy (non-hydrogen) atoms. The Labute approximate surface area is 96.4 Å². The molecule has 0 heterocycles. The molecule has 1 unspecified atom stereocenters. The van der Waals surface area contributed by atoms with Crippen LogP contribution in [-0.4, -0.2) is 7.11 Å². The van der Waals surface area contributed by atoms with Crippen molar-refractivity contribution in [2.24, 2.45) is 5.73 Å². The van der Waals surface area contributed by atoms with Gasteiger partial charge in [-0.2, -0.15) is 0 Å². The minimum Gasteiger partial charge on any atom is -0.495 e. The van der Waals surface area contributed by atoms with Gasteiger partial charge in [-0.15, -0.1) is 0 Å². The predicted molar refractivity (Wildman–Crippen MR) is 64.7 cm³/mol. The van der Waals surface area contributed by atoms with Crippen molar-refractivity contribution in [2.45, 2.75) is 32.7 Å². The molecule has 2 N–H and O–H groups in total. The molecule has 1 atom stereocenters. The summed E-state index contributed by atoms with van der Waals surface area (Å²) >= 11 is 6.14. The number of benzene rings is 1. The lowest BCUT2D eigenvalue weighted by Gasteiger charge is -2.16. The summed E-state index contributed by atoms with van der Waals surface area (Å²) in [5.74, 6) is 1.13. The number of hydrogen-bond donors (Lipinski definition) is 1. The summed E-state index contributed by atoms with van der Waals surface area (Å²) in [5.41, 5.74) is 8.04. The zero-order chi connectivity index (χ0) is 11.6. The number of nitrogens with two attached hydrogens (primary N) is 1. The Hall–Kier alpha value is -0.730. The molecule has 1 aromatic rings. The SMILES string of the molecule is COc1c(Cl)cc(C(C)C)cc1C(C)N. The van der Waals surface area contributed by atoms with Gasteiger partial charge in [0.1, 0.15) is 5.75 Å². The highest BCUT2D eigenvalue weighted by Crippen LogP contribution is 2.35. The quantitative estimate of drug-likeness (QED) is 0.858. The molecule has 3 heteroatoms. The van der Waals surface area contributed by atoms with Crippen LogP contribution in [0.2, 0.25) is 5.02 Å². The minimum absolute atomic E-state index is 0.0730. The summed E-state index contributed by atoms with van der Waals surface area (Å²) in [4.78, 5) is 0. The van der Waals surface area contributed by atoms with E-state index in [0.717, 1.165) is 5.56 Å². The number of rotatable bonds is 3. The number of ether oxygens (including phenoxy) is 1. The molecule has 84 valence electrons. The maximum absolute atomic E-state index is 6.14. The van der Waals surface area contributed by atoms with Crippen molar-refractivity contribution in [2.75, 3.05) is 7.11 Å². The highest BCUT2D eigenvalue weighted by atomic mass is 35.5. The minimum atomic E-state index is -0.0730. The zero-order valence-corrected chi connectivity index (χ0v) is 10.4. The summed E-state index contributed by atoms with van der Waals surface area (Å²) in [6.07, 6.45) is 0. The molecule has 0 saturated carbocycles. The first kappa shape index (κ1) is 12.3. The molecule has 0 aliphatic carbocycles. The molecule has 0 aliphatic heterocycles. The average Bonchev–Trinajstić information content (AvgIpc) is 2.16. The van der Waals surface area contributed by atoms with Gasteiger partial charge in [0.05, 0.1) is 12.1 Å². The molecule has 0 bridgehead atoms. The second-order valence-corrected chi connectivity index (χ2v) is 4.48. The average molecular weight is 228 g/mol. The summed E-state index contributed by atoms with van der Waals surface area (Å²) < 4.78 is 5.26. The molecule has 1 rings (SSSR count). The maximum atomic E-state index is 6.14. The standard InChI is InChI=1S/C12H18ClNO/c1-7(2)9-5-10(8(3)14)12(15-4)11(13)6-9/h5-8H,14H2,1-4H3. The van der Waals surface area contributed by atoms with E-state index < -0.39 is 0 Å². The summed E-state index contributed by atoms with van der Waals surface area (Å²) in [6, 6.07) is 3.94. The number of methoxy groups -OCH3 is 1. The molecule has 0 fully saturated rings. The highest BCUT2D eigenvalue weighted by Gasteiger charge is 2.14. The van der Waals surface area contributed by atoms with E-state index in [0.29, 0.717) is 16.7 Å². The molecule has 0 spiro atoms. The molecule has 2 nitrogen and oxygen atoms in total. The summed E-state index contributed by atoms with van der Waals surface area (Å²) in [5, 5.41) is 0.635. The monoisotopic (exact) mass is 227 g/mol. The van der Waals surface area contributed by atoms with Crippen molar-refractivity contribution < 1.29 is 4.74 Å². The lowest BCUT2D eigenvalue weighted by atomic mass is 9.97. The van der Waals surface area contributed by atoms with Gasteiger partial charge in [-0.3, -0.25) is 0 Å². The van der Waals surface area contributed by atoms with E-state index in [4.69, 9.17) is 22.1 Å². The first-order valence-electron chi connectivity index (χ1n) is 5.10. The van der Waals surface area contributed by atoms with Crippen LogP contribution in [0.4, 0.5) is 0 Å². The van der Waals surface area contributed by atoms with E-state index in [1.807, 2.05) is 13.0 Å². The Kier molecular flexibility index (Phi) is 4.00. The van der Waals surface area contributed by atoms with E-state index in [-0.39, 0.29) is 6.04 Å². The molecule has 0 aromatic heterocycles. The highest BCUT2D eigenvalue weighted by molar-refractivity contribution is 6.32. The molecule has 0 aliphatic rings. The number of hydrogen-bond acceptors (Lipinski definition) is 2. The fourth-order valence-corrected chi connectivity index (χ4v) is 1.84. The summed E-state index contributed by atoms with van der Waals surface area (Å²) in [7, 11) is 1.61. The van der Waals surface area contributed by atoms with Crippen molar-refractivity contribution >= 4 is 11.6 Å². The van der Waals surface area contributed by atoms with Gasteiger partial charge in [0.25, 0.3) is 0 Å². The topological polar surface area (TPSA) is 35.2 Å². The van der Waals surface area contributed by atoms with Crippen molar-refractivity contribution in [1.82, 2.24) is 0 Å². The van der Waals surface area contributed by atoms with E-state index in [9.17, 15) is 0 Å². The van der Waals surface area contributed by atoms with Crippen molar-refractivity contribution in [1.29, 1.82) is 0 Å². The lowest BCUT2D eigenvalue weighted by Crippen LogP contribution is -2.08. The second-order valence-electron chi connectivity index (χ2n) is 4.07. The maximum Gasteiger partial charge on any atom is 0.142 e. The van der Waals surface area contributed by atoms with Crippen LogP contribution in [0, 0.1) is 0 Å². The lowest BCUT2D eigenvalue weighted by molar-refractivity contribution is 0.407. The predicted octanol–water partition coefficient (Wildman–Crippen LogP) is 3.49. The fourth-order valence-electron chi connectivity index (χ4n) is 1.52. The Bertz CT molecular complexity index is 348. The molecular weight excluding hydrogens is 210 g/mol. The normalized spacial score (nSPS) is 13.0. The third-order valence-corrected chi connectivity index (χ3v) is 2.74. The van der Waals surface area contributed by atoms with Crippen LogP contribution in [0.15, 0.2) is 12.1 Å². The molecule has 0 amide bonds. The van der Waals surface area contributed by atoms with Crippen LogP contribution < -0.4 is 10.5 Å². The smallest absolute Gasteiger partial charge is 0.142 e. The van der Waals surface area contributed by atoms with E-state index in [1.165, 1.54) is 5.56 Å². The Balaban J connectivity index is 3.32. The second kappa shape index (κ2) is 4.86. The van der Waals surface area contributed by atoms with Gasteiger partial charge in [0.2, 0.25) is 0 Å². The third kappa shape index (κ3) is 2.64. The van der Waals surface area contributed by atoms with E-state index in [1.54, 1.807) is 7.11 Å². The first-order chi connectivity index (χ1) is 6.97. The van der Waals surface area contributed by atoms with Gasteiger partial charge in [0.15, 0.2) is 0 Å². The molecule has 1 aromatic carbocycles. The van der Waals surface area contributed by atoms with Crippen LogP contribution in [0.5, 0.6) is 5.75 Å².